The number of ether oxygens (including phenoxy) is 1. The molecule has 0 spiro atoms. The first kappa shape index (κ1) is 15.1. The maximum atomic E-state index is 11.8. The van der Waals surface area contributed by atoms with E-state index in [0.717, 1.165) is 5.01 Å². The molecule has 20 heavy (non-hydrogen) atoms. The number of carbonyl (C=O) groups is 1. The SMILES string of the molecule is C[C@H](NC(=O)COc1cc(Cl)cc(Cl)c1)c1nccs1. The van der Waals surface area contributed by atoms with Crippen LogP contribution in [0.4, 0.5) is 0 Å². The van der Waals surface area contributed by atoms with Gasteiger partial charge in [0.25, 0.3) is 5.91 Å². The highest BCUT2D eigenvalue weighted by Crippen LogP contribution is 2.24. The Morgan fingerprint density at radius 3 is 2.70 bits per heavy atom. The summed E-state index contributed by atoms with van der Waals surface area (Å²) in [6, 6.07) is 4.66. The molecule has 1 N–H and O–H groups in total. The van der Waals surface area contributed by atoms with Crippen LogP contribution < -0.4 is 10.1 Å². The van der Waals surface area contributed by atoms with Gasteiger partial charge >= 0.3 is 0 Å². The minimum atomic E-state index is -0.233. The largest absolute Gasteiger partial charge is 0.484 e. The van der Waals surface area contributed by atoms with E-state index in [1.54, 1.807) is 24.4 Å². The van der Waals surface area contributed by atoms with Gasteiger partial charge in [0, 0.05) is 21.6 Å². The Labute approximate surface area is 130 Å². The zero-order chi connectivity index (χ0) is 14.5. The van der Waals surface area contributed by atoms with Gasteiger partial charge < -0.3 is 10.1 Å². The van der Waals surface area contributed by atoms with Crippen molar-refractivity contribution < 1.29 is 9.53 Å². The number of amides is 1. The summed E-state index contributed by atoms with van der Waals surface area (Å²) in [6.45, 7) is 1.76. The minimum Gasteiger partial charge on any atom is -0.484 e. The van der Waals surface area contributed by atoms with Crippen molar-refractivity contribution >= 4 is 40.4 Å². The molecule has 4 nitrogen and oxygen atoms in total. The third-order valence-electron chi connectivity index (χ3n) is 2.41. The van der Waals surface area contributed by atoms with Gasteiger partial charge in [0.1, 0.15) is 10.8 Å². The predicted octanol–water partition coefficient (Wildman–Crippen LogP) is 3.71. The van der Waals surface area contributed by atoms with Gasteiger partial charge in [-0.05, 0) is 25.1 Å². The summed E-state index contributed by atoms with van der Waals surface area (Å²) in [4.78, 5) is 15.9. The Hall–Kier alpha value is -1.30. The normalized spacial score (nSPS) is 11.9. The number of aromatic nitrogens is 1. The second-order valence-electron chi connectivity index (χ2n) is 4.05. The monoisotopic (exact) mass is 330 g/mol. The number of carbonyl (C=O) groups excluding carboxylic acids is 1. The Bertz CT molecular complexity index is 570. The number of hydrogen-bond donors (Lipinski definition) is 1. The lowest BCUT2D eigenvalue weighted by atomic mass is 10.3. The third kappa shape index (κ3) is 4.37. The van der Waals surface area contributed by atoms with Crippen LogP contribution in [0.5, 0.6) is 5.75 Å². The Balaban J connectivity index is 1.86. The third-order valence-corrected chi connectivity index (χ3v) is 3.80. The van der Waals surface area contributed by atoms with Crippen LogP contribution >= 0.6 is 34.5 Å². The average molecular weight is 331 g/mol. The quantitative estimate of drug-likeness (QED) is 0.909. The molecule has 7 heteroatoms. The molecule has 0 fully saturated rings. The molecular weight excluding hydrogens is 319 g/mol. The fraction of sp³-hybridized carbons (Fsp3) is 0.231. The molecule has 1 amide bonds. The van der Waals surface area contributed by atoms with E-state index in [1.165, 1.54) is 11.3 Å². The van der Waals surface area contributed by atoms with Gasteiger partial charge in [-0.15, -0.1) is 11.3 Å². The number of halogens is 2. The van der Waals surface area contributed by atoms with Crippen molar-refractivity contribution in [3.8, 4) is 5.75 Å². The molecule has 0 unspecified atom stereocenters. The van der Waals surface area contributed by atoms with Crippen molar-refractivity contribution in [1.82, 2.24) is 10.3 Å². The number of thiazole rings is 1. The van der Waals surface area contributed by atoms with E-state index < -0.39 is 0 Å². The highest BCUT2D eigenvalue weighted by Gasteiger charge is 2.12. The van der Waals surface area contributed by atoms with Crippen LogP contribution in [0, 0.1) is 0 Å². The van der Waals surface area contributed by atoms with Crippen molar-refractivity contribution in [2.45, 2.75) is 13.0 Å². The van der Waals surface area contributed by atoms with Gasteiger partial charge in [-0.25, -0.2) is 4.98 Å². The molecular formula is C13H12Cl2N2O2S. The van der Waals surface area contributed by atoms with Crippen LogP contribution in [0.15, 0.2) is 29.8 Å². The summed E-state index contributed by atoms with van der Waals surface area (Å²) >= 11 is 13.2. The van der Waals surface area contributed by atoms with Crippen LogP contribution in [0.25, 0.3) is 0 Å². The van der Waals surface area contributed by atoms with E-state index in [2.05, 4.69) is 10.3 Å². The molecule has 2 aromatic rings. The molecule has 1 heterocycles. The lowest BCUT2D eigenvalue weighted by Crippen LogP contribution is -2.31. The van der Waals surface area contributed by atoms with E-state index in [-0.39, 0.29) is 18.6 Å². The smallest absolute Gasteiger partial charge is 0.258 e. The molecule has 106 valence electrons. The number of rotatable bonds is 5. The van der Waals surface area contributed by atoms with Gasteiger partial charge in [0.2, 0.25) is 0 Å². The average Bonchev–Trinajstić information content (AvgIpc) is 2.89. The maximum absolute atomic E-state index is 11.8. The van der Waals surface area contributed by atoms with Crippen LogP contribution in [0.1, 0.15) is 18.0 Å². The zero-order valence-corrected chi connectivity index (χ0v) is 12.9. The first-order valence-corrected chi connectivity index (χ1v) is 7.46. The molecule has 0 bridgehead atoms. The number of hydrogen-bond acceptors (Lipinski definition) is 4. The first-order chi connectivity index (χ1) is 9.54. The van der Waals surface area contributed by atoms with Crippen molar-refractivity contribution in [3.63, 3.8) is 0 Å². The number of benzene rings is 1. The van der Waals surface area contributed by atoms with E-state index in [0.29, 0.717) is 15.8 Å². The Kier molecular flexibility index (Phi) is 5.23. The predicted molar refractivity (Wildman–Crippen MR) is 80.6 cm³/mol. The maximum Gasteiger partial charge on any atom is 0.258 e. The Morgan fingerprint density at radius 1 is 1.40 bits per heavy atom. The summed E-state index contributed by atoms with van der Waals surface area (Å²) in [5.41, 5.74) is 0. The van der Waals surface area contributed by atoms with Gasteiger partial charge in [0.15, 0.2) is 6.61 Å². The molecule has 0 radical (unpaired) electrons. The van der Waals surface area contributed by atoms with Crippen molar-refractivity contribution in [1.29, 1.82) is 0 Å². The highest BCUT2D eigenvalue weighted by atomic mass is 35.5. The summed E-state index contributed by atoms with van der Waals surface area (Å²) in [7, 11) is 0. The first-order valence-electron chi connectivity index (χ1n) is 5.82. The number of nitrogens with one attached hydrogen (secondary N) is 1. The molecule has 1 atom stereocenters. The van der Waals surface area contributed by atoms with Gasteiger partial charge in [-0.1, -0.05) is 23.2 Å². The second-order valence-corrected chi connectivity index (χ2v) is 5.85. The summed E-state index contributed by atoms with van der Waals surface area (Å²) < 4.78 is 5.35. The van der Waals surface area contributed by atoms with Crippen LogP contribution in [0.3, 0.4) is 0 Å². The molecule has 1 aromatic carbocycles. The summed E-state index contributed by atoms with van der Waals surface area (Å²) in [5.74, 6) is 0.225. The zero-order valence-electron chi connectivity index (χ0n) is 10.6. The summed E-state index contributed by atoms with van der Waals surface area (Å²) in [5, 5.41) is 6.44. The lowest BCUT2D eigenvalue weighted by Gasteiger charge is -2.12. The molecule has 0 aliphatic rings. The van der Waals surface area contributed by atoms with Crippen LogP contribution in [-0.4, -0.2) is 17.5 Å². The highest BCUT2D eigenvalue weighted by molar-refractivity contribution is 7.09. The molecule has 0 aliphatic heterocycles. The molecule has 0 saturated carbocycles. The lowest BCUT2D eigenvalue weighted by molar-refractivity contribution is -0.123. The van der Waals surface area contributed by atoms with E-state index in [4.69, 9.17) is 27.9 Å². The van der Waals surface area contributed by atoms with Gasteiger partial charge in [-0.2, -0.15) is 0 Å². The minimum absolute atomic E-state index is 0.105. The topological polar surface area (TPSA) is 51.2 Å². The molecule has 1 aromatic heterocycles. The number of nitrogens with zero attached hydrogens (tertiary/aromatic N) is 1. The fourth-order valence-electron chi connectivity index (χ4n) is 1.55. The van der Waals surface area contributed by atoms with Gasteiger partial charge in [0.05, 0.1) is 6.04 Å². The van der Waals surface area contributed by atoms with Gasteiger partial charge in [-0.3, -0.25) is 4.79 Å². The molecule has 0 saturated heterocycles. The molecule has 2 rings (SSSR count). The van der Waals surface area contributed by atoms with Crippen molar-refractivity contribution in [2.75, 3.05) is 6.61 Å². The molecule has 0 aliphatic carbocycles. The van der Waals surface area contributed by atoms with Crippen LogP contribution in [-0.2, 0) is 4.79 Å². The standard InChI is InChI=1S/C13H12Cl2N2O2S/c1-8(13-16-2-3-20-13)17-12(18)7-19-11-5-9(14)4-10(15)6-11/h2-6,8H,7H2,1H3,(H,17,18)/t8-/m0/s1. The van der Waals surface area contributed by atoms with Crippen LogP contribution in [0.2, 0.25) is 10.0 Å². The Morgan fingerprint density at radius 2 is 2.10 bits per heavy atom. The van der Waals surface area contributed by atoms with Crippen molar-refractivity contribution in [2.24, 2.45) is 0 Å². The van der Waals surface area contributed by atoms with E-state index >= 15 is 0 Å². The van der Waals surface area contributed by atoms with E-state index in [9.17, 15) is 4.79 Å². The van der Waals surface area contributed by atoms with Crippen molar-refractivity contribution in [3.05, 3.63) is 44.8 Å². The fourth-order valence-corrected chi connectivity index (χ4v) is 2.71. The second kappa shape index (κ2) is 6.92. The summed E-state index contributed by atoms with van der Waals surface area (Å²) in [6.07, 6.45) is 1.70. The van der Waals surface area contributed by atoms with E-state index in [1.807, 2.05) is 12.3 Å².